The van der Waals surface area contributed by atoms with Crippen molar-refractivity contribution in [2.75, 3.05) is 0 Å². The Morgan fingerprint density at radius 3 is 2.47 bits per heavy atom. The molecule has 19 heavy (non-hydrogen) atoms. The molecule has 0 unspecified atom stereocenters. The molecule has 0 aliphatic carbocycles. The highest BCUT2D eigenvalue weighted by Gasteiger charge is 2.04. The van der Waals surface area contributed by atoms with Crippen molar-refractivity contribution in [1.82, 2.24) is 0 Å². The summed E-state index contributed by atoms with van der Waals surface area (Å²) in [4.78, 5) is 5.40. The van der Waals surface area contributed by atoms with Crippen molar-refractivity contribution < 1.29 is 4.84 Å². The second kappa shape index (κ2) is 6.36. The normalized spacial score (nSPS) is 10.8. The van der Waals surface area contributed by atoms with Gasteiger partial charge in [-0.3, -0.25) is 0 Å². The van der Waals surface area contributed by atoms with Crippen LogP contribution in [-0.4, -0.2) is 5.71 Å². The van der Waals surface area contributed by atoms with Crippen LogP contribution < -0.4 is 4.84 Å². The predicted octanol–water partition coefficient (Wildman–Crippen LogP) is 3.75. The van der Waals surface area contributed by atoms with E-state index >= 15 is 0 Å². The lowest BCUT2D eigenvalue weighted by Crippen LogP contribution is -2.01. The molecule has 0 aliphatic heterocycles. The quantitative estimate of drug-likeness (QED) is 0.612. The predicted molar refractivity (Wildman–Crippen MR) is 75.1 cm³/mol. The molecular weight excluding hydrogens is 236 g/mol. The minimum Gasteiger partial charge on any atom is -0.355 e. The largest absolute Gasteiger partial charge is 0.355 e. The molecule has 0 radical (unpaired) electrons. The summed E-state index contributed by atoms with van der Waals surface area (Å²) in [6.45, 7) is 2.02. The first-order chi connectivity index (χ1) is 9.35. The topological polar surface area (TPSA) is 45.4 Å². The monoisotopic (exact) mass is 250 g/mol. The molecule has 2 rings (SSSR count). The van der Waals surface area contributed by atoms with Crippen molar-refractivity contribution in [2.24, 2.45) is 5.16 Å². The molecule has 0 atom stereocenters. The minimum atomic E-state index is 0.479. The van der Waals surface area contributed by atoms with Crippen molar-refractivity contribution in [1.29, 1.82) is 5.26 Å². The Morgan fingerprint density at radius 1 is 1.11 bits per heavy atom. The smallest absolute Gasteiger partial charge is 0.175 e. The van der Waals surface area contributed by atoms with Gasteiger partial charge >= 0.3 is 0 Å². The number of benzene rings is 2. The van der Waals surface area contributed by atoms with Crippen LogP contribution in [0.15, 0.2) is 59.8 Å². The lowest BCUT2D eigenvalue weighted by atomic mass is 10.1. The van der Waals surface area contributed by atoms with E-state index in [2.05, 4.69) is 11.2 Å². The molecule has 0 aliphatic rings. The molecule has 0 amide bonds. The van der Waals surface area contributed by atoms with Crippen LogP contribution >= 0.6 is 0 Å². The third kappa shape index (κ3) is 3.20. The summed E-state index contributed by atoms with van der Waals surface area (Å²) < 4.78 is 0. The van der Waals surface area contributed by atoms with E-state index in [0.717, 1.165) is 17.7 Å². The molecule has 0 saturated heterocycles. The van der Waals surface area contributed by atoms with Gasteiger partial charge in [-0.15, -0.1) is 0 Å². The summed E-state index contributed by atoms with van der Waals surface area (Å²) in [6, 6.07) is 19.0. The molecule has 0 aromatic heterocycles. The van der Waals surface area contributed by atoms with Crippen molar-refractivity contribution in [3.8, 4) is 11.8 Å². The highest BCUT2D eigenvalue weighted by atomic mass is 16.6. The summed E-state index contributed by atoms with van der Waals surface area (Å²) >= 11 is 0. The Labute approximate surface area is 112 Å². The second-order valence-electron chi connectivity index (χ2n) is 3.96. The third-order valence-corrected chi connectivity index (χ3v) is 2.70. The van der Waals surface area contributed by atoms with Crippen LogP contribution in [0.5, 0.6) is 5.75 Å². The number of para-hydroxylation sites is 1. The van der Waals surface area contributed by atoms with E-state index < -0.39 is 0 Å². The van der Waals surface area contributed by atoms with Gasteiger partial charge in [-0.25, -0.2) is 0 Å². The summed E-state index contributed by atoms with van der Waals surface area (Å²) in [7, 11) is 0. The molecule has 0 bridgehead atoms. The lowest BCUT2D eigenvalue weighted by molar-refractivity contribution is 0.339. The van der Waals surface area contributed by atoms with E-state index in [1.807, 2.05) is 43.3 Å². The Balaban J connectivity index is 2.24. The molecule has 3 heteroatoms. The first kappa shape index (κ1) is 12.8. The minimum absolute atomic E-state index is 0.479. The van der Waals surface area contributed by atoms with E-state index in [0.29, 0.717) is 11.3 Å². The van der Waals surface area contributed by atoms with Gasteiger partial charge in [0, 0.05) is 0 Å². The van der Waals surface area contributed by atoms with E-state index in [9.17, 15) is 0 Å². The first-order valence-corrected chi connectivity index (χ1v) is 6.13. The molecule has 0 fully saturated rings. The van der Waals surface area contributed by atoms with E-state index in [4.69, 9.17) is 10.1 Å². The number of oxime groups is 1. The zero-order chi connectivity index (χ0) is 13.5. The standard InChI is InChI=1S/C16H14N2O/c1-2-15(13-8-4-3-5-9-13)18-19-16-11-7-6-10-14(16)12-17/h3-11H,2H2,1H3. The van der Waals surface area contributed by atoms with Gasteiger partial charge in [0.15, 0.2) is 5.75 Å². The SMILES string of the molecule is CCC(=NOc1ccccc1C#N)c1ccccc1. The Kier molecular flexibility index (Phi) is 4.30. The van der Waals surface area contributed by atoms with Crippen molar-refractivity contribution >= 4 is 5.71 Å². The molecule has 3 nitrogen and oxygen atoms in total. The van der Waals surface area contributed by atoms with Crippen molar-refractivity contribution in [2.45, 2.75) is 13.3 Å². The van der Waals surface area contributed by atoms with Crippen LogP contribution in [0.2, 0.25) is 0 Å². The summed E-state index contributed by atoms with van der Waals surface area (Å²) in [5, 5.41) is 13.1. The Bertz CT molecular complexity index is 612. The molecular formula is C16H14N2O. The summed E-state index contributed by atoms with van der Waals surface area (Å²) in [5.41, 5.74) is 2.36. The highest BCUT2D eigenvalue weighted by Crippen LogP contribution is 2.17. The Morgan fingerprint density at radius 2 is 1.79 bits per heavy atom. The maximum atomic E-state index is 8.98. The number of hydrogen-bond acceptors (Lipinski definition) is 3. The molecule has 0 saturated carbocycles. The van der Waals surface area contributed by atoms with Gasteiger partial charge in [0.25, 0.3) is 0 Å². The van der Waals surface area contributed by atoms with Crippen LogP contribution in [-0.2, 0) is 0 Å². The van der Waals surface area contributed by atoms with Crippen LogP contribution in [0.3, 0.4) is 0 Å². The van der Waals surface area contributed by atoms with Gasteiger partial charge in [0.2, 0.25) is 0 Å². The van der Waals surface area contributed by atoms with E-state index in [1.54, 1.807) is 18.2 Å². The van der Waals surface area contributed by atoms with Crippen LogP contribution in [0.25, 0.3) is 0 Å². The molecule has 0 spiro atoms. The van der Waals surface area contributed by atoms with Crippen molar-refractivity contribution in [3.63, 3.8) is 0 Å². The van der Waals surface area contributed by atoms with Crippen molar-refractivity contribution in [3.05, 3.63) is 65.7 Å². The van der Waals surface area contributed by atoms with E-state index in [-0.39, 0.29) is 0 Å². The maximum Gasteiger partial charge on any atom is 0.175 e. The molecule has 2 aromatic rings. The van der Waals surface area contributed by atoms with Crippen LogP contribution in [0.4, 0.5) is 0 Å². The fourth-order valence-electron chi connectivity index (χ4n) is 1.69. The Hall–Kier alpha value is -2.60. The second-order valence-corrected chi connectivity index (χ2v) is 3.96. The third-order valence-electron chi connectivity index (χ3n) is 2.70. The van der Waals surface area contributed by atoms with Gasteiger partial charge in [-0.2, -0.15) is 5.26 Å². The zero-order valence-electron chi connectivity index (χ0n) is 10.7. The van der Waals surface area contributed by atoms with Gasteiger partial charge in [-0.1, -0.05) is 54.5 Å². The van der Waals surface area contributed by atoms with Crippen LogP contribution in [0.1, 0.15) is 24.5 Å². The molecule has 0 heterocycles. The fraction of sp³-hybridized carbons (Fsp3) is 0.125. The first-order valence-electron chi connectivity index (χ1n) is 6.13. The summed E-state index contributed by atoms with van der Waals surface area (Å²) in [5.74, 6) is 0.479. The molecule has 94 valence electrons. The average Bonchev–Trinajstić information content (AvgIpc) is 2.49. The maximum absolute atomic E-state index is 8.98. The van der Waals surface area contributed by atoms with Gasteiger partial charge in [0.05, 0.1) is 11.3 Å². The van der Waals surface area contributed by atoms with Gasteiger partial charge in [0.1, 0.15) is 6.07 Å². The molecule has 0 N–H and O–H groups in total. The van der Waals surface area contributed by atoms with Gasteiger partial charge < -0.3 is 4.84 Å². The lowest BCUT2D eigenvalue weighted by Gasteiger charge is -2.05. The zero-order valence-corrected chi connectivity index (χ0v) is 10.7. The number of nitrogens with zero attached hydrogens (tertiary/aromatic N) is 2. The average molecular weight is 250 g/mol. The number of rotatable bonds is 4. The highest BCUT2D eigenvalue weighted by molar-refractivity contribution is 6.00. The molecule has 2 aromatic carbocycles. The summed E-state index contributed by atoms with van der Waals surface area (Å²) in [6.07, 6.45) is 0.763. The van der Waals surface area contributed by atoms with Crippen LogP contribution in [0, 0.1) is 11.3 Å². The van der Waals surface area contributed by atoms with E-state index in [1.165, 1.54) is 0 Å². The fourth-order valence-corrected chi connectivity index (χ4v) is 1.69. The number of hydrogen-bond donors (Lipinski definition) is 0. The number of nitriles is 1. The van der Waals surface area contributed by atoms with Gasteiger partial charge in [-0.05, 0) is 24.1 Å².